The number of nitrogens with one attached hydrogen (secondary N) is 3. The summed E-state index contributed by atoms with van der Waals surface area (Å²) in [4.78, 5) is 37.9. The van der Waals surface area contributed by atoms with Crippen molar-refractivity contribution in [2.24, 2.45) is 25.6 Å². The predicted octanol–water partition coefficient (Wildman–Crippen LogP) is 9.36. The van der Waals surface area contributed by atoms with Crippen molar-refractivity contribution in [1.29, 1.82) is 0 Å². The second-order valence-electron chi connectivity index (χ2n) is 14.1. The van der Waals surface area contributed by atoms with Gasteiger partial charge in [0.2, 0.25) is 5.78 Å². The Kier molecular flexibility index (Phi) is 12.5. The third-order valence-electron chi connectivity index (χ3n) is 9.50. The van der Waals surface area contributed by atoms with Crippen LogP contribution in [0.5, 0.6) is 0 Å². The summed E-state index contributed by atoms with van der Waals surface area (Å²) in [7, 11) is -9.42. The number of Topliss-reactive ketones (excluding diaryl/α,β-unsaturated/α-hetero) is 1. The summed E-state index contributed by atoms with van der Waals surface area (Å²) in [6, 6.07) is 32.3. The molecule has 6 aromatic rings. The molecule has 0 unspecified atom stereocenters. The molecule has 0 fully saturated rings. The van der Waals surface area contributed by atoms with E-state index in [0.29, 0.717) is 50.8 Å². The number of allylic oxidation sites excluding steroid dienone is 1. The maximum absolute atomic E-state index is 13.4. The first kappa shape index (κ1) is 44.0. The van der Waals surface area contributed by atoms with Crippen molar-refractivity contribution in [1.82, 2.24) is 0 Å². The number of azo groups is 2. The monoisotopic (exact) mass is 897 g/mol. The largest absolute Gasteiger partial charge is 0.399 e. The van der Waals surface area contributed by atoms with Gasteiger partial charge >= 0.3 is 0 Å². The number of anilines is 4. The maximum Gasteiger partial charge on any atom is 0.296 e. The highest BCUT2D eigenvalue weighted by molar-refractivity contribution is 7.91. The molecule has 20 heteroatoms. The Morgan fingerprint density at radius 3 is 1.59 bits per heavy atom. The highest BCUT2D eigenvalue weighted by Gasteiger charge is 2.33. The number of amides is 2. The Balaban J connectivity index is 0.971. The van der Waals surface area contributed by atoms with Crippen LogP contribution in [0.3, 0.4) is 0 Å². The number of aryl methyl sites for hydroxylation is 2. The van der Waals surface area contributed by atoms with Crippen LogP contribution >= 0.6 is 0 Å². The minimum atomic E-state index is -4.96. The van der Waals surface area contributed by atoms with E-state index in [1.165, 1.54) is 30.3 Å². The van der Waals surface area contributed by atoms with Gasteiger partial charge in [0, 0.05) is 33.8 Å². The lowest BCUT2D eigenvalue weighted by Gasteiger charge is -2.16. The van der Waals surface area contributed by atoms with E-state index in [0.717, 1.165) is 23.8 Å². The number of hydrogen-bond donors (Lipinski definition) is 6. The van der Waals surface area contributed by atoms with Crippen molar-refractivity contribution < 1.29 is 40.3 Å². The van der Waals surface area contributed by atoms with Gasteiger partial charge in [-0.2, -0.15) is 42.4 Å². The first-order valence-corrected chi connectivity index (χ1v) is 21.7. The summed E-state index contributed by atoms with van der Waals surface area (Å²) in [6.45, 7) is 3.61. The first-order valence-electron chi connectivity index (χ1n) is 18.8. The number of nitrogens with two attached hydrogens (primary N) is 1. The van der Waals surface area contributed by atoms with Crippen molar-refractivity contribution in [3.05, 3.63) is 166 Å². The van der Waals surface area contributed by atoms with Crippen molar-refractivity contribution in [3.63, 3.8) is 0 Å². The number of hydrogen-bond acceptors (Lipinski definition) is 14. The van der Waals surface area contributed by atoms with Crippen LogP contribution < -0.4 is 21.8 Å². The summed E-state index contributed by atoms with van der Waals surface area (Å²) < 4.78 is 66.4. The average molecular weight is 898 g/mol. The van der Waals surface area contributed by atoms with Gasteiger partial charge in [0.15, 0.2) is 5.71 Å². The van der Waals surface area contributed by atoms with Gasteiger partial charge in [-0.15, -0.1) is 0 Å². The molecular weight excluding hydrogens is 863 g/mol. The lowest BCUT2D eigenvalue weighted by Crippen LogP contribution is -2.27. The molecule has 0 atom stereocenters. The van der Waals surface area contributed by atoms with E-state index < -0.39 is 41.5 Å². The highest BCUT2D eigenvalue weighted by atomic mass is 32.2. The standard InChI is InChI=1S/C44H35N9O9S2/c1-25-21-33(46-43(55)27-3-7-30(45)8-4-27)14-19-38(25)51-48-31-9-5-28(6-10-31)44(56)47-34-15-20-39(26(2)22-34)52-50-35-13-18-37-29(23-35)24-40(64(60,61)62)41(42(37)54)53-49-32-11-16-36(17-12-32)63(57,58)59/h3-24,49H,45H2,1-2H3,(H,46,55)(H,47,56)(H,57,58,59)(H,60,61,62). The molecular formula is C44H35N9O9S2. The molecule has 0 saturated heterocycles. The summed E-state index contributed by atoms with van der Waals surface area (Å²) in [5, 5.41) is 26.7. The van der Waals surface area contributed by atoms with Gasteiger partial charge in [-0.3, -0.25) is 28.9 Å². The van der Waals surface area contributed by atoms with Crippen LogP contribution in [0.1, 0.15) is 47.8 Å². The van der Waals surface area contributed by atoms with Crippen LogP contribution in [0.4, 0.5) is 45.5 Å². The first-order chi connectivity index (χ1) is 30.4. The van der Waals surface area contributed by atoms with Crippen molar-refractivity contribution in [3.8, 4) is 0 Å². The fourth-order valence-corrected chi connectivity index (χ4v) is 7.29. The summed E-state index contributed by atoms with van der Waals surface area (Å²) in [6.07, 6.45) is 1.06. The molecule has 0 heterocycles. The molecule has 18 nitrogen and oxygen atoms in total. The number of benzene rings is 6. The second-order valence-corrected chi connectivity index (χ2v) is 16.9. The van der Waals surface area contributed by atoms with Crippen LogP contribution in [0, 0.1) is 13.8 Å². The normalized spacial score (nSPS) is 13.5. The lowest BCUT2D eigenvalue weighted by molar-refractivity contribution is 0.101. The summed E-state index contributed by atoms with van der Waals surface area (Å²) in [5.74, 6) is -1.47. The molecule has 1 aliphatic carbocycles. The van der Waals surface area contributed by atoms with E-state index >= 15 is 0 Å². The SMILES string of the molecule is Cc1cc(NC(=O)c2ccc(N)cc2)ccc1N=Nc1ccc(C(=O)Nc2ccc(N=Nc3ccc4c(c3)C=C(S(=O)(=O)O)C(=NNc3ccc(S(=O)(=O)O)cc3)C4=O)c(C)c2)cc1. The van der Waals surface area contributed by atoms with Crippen LogP contribution in [-0.2, 0) is 20.2 Å². The minimum absolute atomic E-state index is 0.0565. The van der Waals surface area contributed by atoms with Gasteiger partial charge in [0.05, 0.1) is 33.3 Å². The number of carbonyl (C=O) groups is 3. The van der Waals surface area contributed by atoms with Gasteiger partial charge in [0.1, 0.15) is 4.91 Å². The molecule has 6 aromatic carbocycles. The van der Waals surface area contributed by atoms with E-state index in [9.17, 15) is 40.3 Å². The number of hydrazone groups is 1. The lowest BCUT2D eigenvalue weighted by atomic mass is 9.94. The van der Waals surface area contributed by atoms with Crippen LogP contribution in [-0.4, -0.2) is 49.3 Å². The Hall–Kier alpha value is -8.04. The molecule has 322 valence electrons. The Labute approximate surface area is 365 Å². The number of carbonyl (C=O) groups excluding carboxylic acids is 3. The van der Waals surface area contributed by atoms with Gasteiger partial charge in [0.25, 0.3) is 32.1 Å². The van der Waals surface area contributed by atoms with Crippen LogP contribution in [0.15, 0.2) is 163 Å². The molecule has 2 amide bonds. The average Bonchev–Trinajstić information content (AvgIpc) is 3.25. The van der Waals surface area contributed by atoms with E-state index in [1.54, 1.807) is 91.9 Å². The molecule has 0 bridgehead atoms. The Morgan fingerprint density at radius 1 is 0.578 bits per heavy atom. The second kappa shape index (κ2) is 18.1. The molecule has 0 aliphatic heterocycles. The van der Waals surface area contributed by atoms with Crippen LogP contribution in [0.25, 0.3) is 6.08 Å². The maximum atomic E-state index is 13.4. The molecule has 0 saturated carbocycles. The molecule has 64 heavy (non-hydrogen) atoms. The van der Waals surface area contributed by atoms with Gasteiger partial charge in [-0.25, -0.2) is 0 Å². The minimum Gasteiger partial charge on any atom is -0.399 e. The third-order valence-corrected chi connectivity index (χ3v) is 11.2. The predicted molar refractivity (Wildman–Crippen MR) is 242 cm³/mol. The Bertz CT molecular complexity index is 3210. The van der Waals surface area contributed by atoms with E-state index in [4.69, 9.17) is 5.73 Å². The molecule has 7 N–H and O–H groups in total. The summed E-state index contributed by atoms with van der Waals surface area (Å²) >= 11 is 0. The van der Waals surface area contributed by atoms with Crippen molar-refractivity contribution in [2.75, 3.05) is 21.8 Å². The number of nitrogen functional groups attached to an aromatic ring is 1. The zero-order valence-electron chi connectivity index (χ0n) is 33.6. The number of fused-ring (bicyclic) bond motifs is 1. The Morgan fingerprint density at radius 2 is 1.08 bits per heavy atom. The summed E-state index contributed by atoms with van der Waals surface area (Å²) in [5.41, 5.74) is 13.6. The zero-order valence-corrected chi connectivity index (χ0v) is 35.2. The van der Waals surface area contributed by atoms with Crippen LogP contribution in [0.2, 0.25) is 0 Å². The highest BCUT2D eigenvalue weighted by Crippen LogP contribution is 2.32. The van der Waals surface area contributed by atoms with Gasteiger partial charge in [-0.1, -0.05) is 0 Å². The van der Waals surface area contributed by atoms with Gasteiger partial charge in [-0.05, 0) is 164 Å². The smallest absolute Gasteiger partial charge is 0.296 e. The van der Waals surface area contributed by atoms with E-state index in [1.807, 2.05) is 6.92 Å². The molecule has 1 aliphatic rings. The van der Waals surface area contributed by atoms with E-state index in [-0.39, 0.29) is 34.3 Å². The van der Waals surface area contributed by atoms with Crippen molar-refractivity contribution >= 4 is 95.1 Å². The number of nitrogens with zero attached hydrogens (tertiary/aromatic N) is 5. The fourth-order valence-electron chi connectivity index (χ4n) is 6.15. The van der Waals surface area contributed by atoms with Crippen molar-refractivity contribution in [2.45, 2.75) is 18.7 Å². The number of rotatable bonds is 12. The van der Waals surface area contributed by atoms with Gasteiger partial charge < -0.3 is 16.4 Å². The molecule has 0 spiro atoms. The zero-order chi connectivity index (χ0) is 45.8. The molecule has 0 radical (unpaired) electrons. The van der Waals surface area contributed by atoms with E-state index in [2.05, 4.69) is 41.6 Å². The quantitative estimate of drug-likeness (QED) is 0.0291. The third kappa shape index (κ3) is 10.5. The molecule has 0 aromatic heterocycles. The topological polar surface area (TPSA) is 284 Å². The fraction of sp³-hybridized carbons (Fsp3) is 0.0455. The molecule has 7 rings (SSSR count). The number of ketones is 1.